The Bertz CT molecular complexity index is 320. The lowest BCUT2D eigenvalue weighted by Gasteiger charge is -2.13. The summed E-state index contributed by atoms with van der Waals surface area (Å²) in [5.74, 6) is 3.20. The van der Waals surface area contributed by atoms with E-state index in [0.29, 0.717) is 19.2 Å². The van der Waals surface area contributed by atoms with Crippen LogP contribution in [-0.4, -0.2) is 52.0 Å². The van der Waals surface area contributed by atoms with Crippen LogP contribution >= 0.6 is 11.8 Å². The predicted molar refractivity (Wildman–Crippen MR) is 73.7 cm³/mol. The molecule has 0 aromatic carbocycles. The van der Waals surface area contributed by atoms with E-state index in [2.05, 4.69) is 34.7 Å². The molecule has 18 heavy (non-hydrogen) atoms. The van der Waals surface area contributed by atoms with Gasteiger partial charge in [0.2, 0.25) is 0 Å². The highest BCUT2D eigenvalue weighted by Crippen LogP contribution is 2.14. The first-order valence-corrected chi connectivity index (χ1v) is 7.49. The summed E-state index contributed by atoms with van der Waals surface area (Å²) >= 11 is 1.95. The lowest BCUT2D eigenvalue weighted by atomic mass is 10.2. The molecule has 0 bridgehead atoms. The molecule has 7 heteroatoms. The Balaban J connectivity index is 2.38. The van der Waals surface area contributed by atoms with Crippen molar-refractivity contribution in [1.29, 1.82) is 0 Å². The molecule has 1 atom stereocenters. The topological polar surface area (TPSA) is 64.9 Å². The summed E-state index contributed by atoms with van der Waals surface area (Å²) in [6.45, 7) is 6.53. The Hall–Kier alpha value is -0.660. The van der Waals surface area contributed by atoms with E-state index in [-0.39, 0.29) is 0 Å². The molecule has 0 radical (unpaired) electrons. The van der Waals surface area contributed by atoms with Crippen molar-refractivity contribution in [2.45, 2.75) is 32.9 Å². The van der Waals surface area contributed by atoms with Crippen molar-refractivity contribution in [3.63, 3.8) is 0 Å². The van der Waals surface area contributed by atoms with E-state index >= 15 is 0 Å². The lowest BCUT2D eigenvalue weighted by Crippen LogP contribution is -2.22. The van der Waals surface area contributed by atoms with E-state index in [0.717, 1.165) is 30.3 Å². The number of thioether (sulfide) groups is 1. The van der Waals surface area contributed by atoms with E-state index in [9.17, 15) is 0 Å². The van der Waals surface area contributed by atoms with Gasteiger partial charge in [-0.05, 0) is 35.3 Å². The van der Waals surface area contributed by atoms with E-state index in [4.69, 9.17) is 4.74 Å². The maximum absolute atomic E-state index is 4.98. The monoisotopic (exact) mass is 273 g/mol. The second-order valence-corrected chi connectivity index (χ2v) is 5.44. The van der Waals surface area contributed by atoms with Gasteiger partial charge in [0.25, 0.3) is 0 Å². The summed E-state index contributed by atoms with van der Waals surface area (Å²) in [6, 6.07) is 0.346. The van der Waals surface area contributed by atoms with E-state index in [1.165, 1.54) is 0 Å². The molecule has 0 saturated heterocycles. The van der Waals surface area contributed by atoms with Gasteiger partial charge in [-0.2, -0.15) is 11.8 Å². The standard InChI is InChI=1S/C11H23N5OS/c1-4-18-8-5-10(2)16-11(13-14-15-16)9-12-6-7-17-3/h10,12H,4-9H2,1-3H3. The average molecular weight is 273 g/mol. The normalized spacial score (nSPS) is 12.8. The van der Waals surface area contributed by atoms with Gasteiger partial charge in [-0.15, -0.1) is 5.10 Å². The first-order chi connectivity index (χ1) is 8.79. The van der Waals surface area contributed by atoms with Gasteiger partial charge in [-0.3, -0.25) is 0 Å². The summed E-state index contributed by atoms with van der Waals surface area (Å²) in [7, 11) is 1.69. The molecule has 104 valence electrons. The van der Waals surface area contributed by atoms with Crippen molar-refractivity contribution < 1.29 is 4.74 Å². The zero-order valence-electron chi connectivity index (χ0n) is 11.4. The van der Waals surface area contributed by atoms with Crippen molar-refractivity contribution in [3.05, 3.63) is 5.82 Å². The van der Waals surface area contributed by atoms with Crippen molar-refractivity contribution >= 4 is 11.8 Å². The number of hydrogen-bond acceptors (Lipinski definition) is 6. The van der Waals surface area contributed by atoms with Gasteiger partial charge in [0.15, 0.2) is 5.82 Å². The lowest BCUT2D eigenvalue weighted by molar-refractivity contribution is 0.198. The third-order valence-electron chi connectivity index (χ3n) is 2.63. The molecule has 1 aromatic rings. The number of hydrogen-bond donors (Lipinski definition) is 1. The fourth-order valence-corrected chi connectivity index (χ4v) is 2.36. The van der Waals surface area contributed by atoms with E-state index in [1.807, 2.05) is 16.4 Å². The molecule has 0 aliphatic heterocycles. The largest absolute Gasteiger partial charge is 0.383 e. The molecule has 0 aliphatic carbocycles. The van der Waals surface area contributed by atoms with Gasteiger partial charge in [0.05, 0.1) is 19.2 Å². The SMILES string of the molecule is CCSCCC(C)n1nnnc1CNCCOC. The molecule has 1 unspecified atom stereocenters. The first-order valence-electron chi connectivity index (χ1n) is 6.33. The van der Waals surface area contributed by atoms with E-state index in [1.54, 1.807) is 7.11 Å². The smallest absolute Gasteiger partial charge is 0.165 e. The van der Waals surface area contributed by atoms with Gasteiger partial charge >= 0.3 is 0 Å². The number of ether oxygens (including phenoxy) is 1. The van der Waals surface area contributed by atoms with Gasteiger partial charge in [-0.25, -0.2) is 4.68 Å². The van der Waals surface area contributed by atoms with E-state index < -0.39 is 0 Å². The number of nitrogens with one attached hydrogen (secondary N) is 1. The Labute approximate surface area is 113 Å². The predicted octanol–water partition coefficient (Wildman–Crippen LogP) is 1.11. The molecule has 0 spiro atoms. The molecule has 1 rings (SSSR count). The molecule has 1 heterocycles. The molecule has 1 N–H and O–H groups in total. The molecule has 0 fully saturated rings. The molecule has 0 saturated carbocycles. The number of aromatic nitrogens is 4. The molecular weight excluding hydrogens is 250 g/mol. The maximum Gasteiger partial charge on any atom is 0.165 e. The summed E-state index contributed by atoms with van der Waals surface area (Å²) in [5.41, 5.74) is 0. The van der Waals surface area contributed by atoms with Crippen LogP contribution in [0, 0.1) is 0 Å². The Morgan fingerprint density at radius 3 is 3.06 bits per heavy atom. The molecule has 1 aromatic heterocycles. The molecular formula is C11H23N5OS. The summed E-state index contributed by atoms with van der Waals surface area (Å²) in [5, 5.41) is 15.1. The Kier molecular flexibility index (Phi) is 7.95. The summed E-state index contributed by atoms with van der Waals surface area (Å²) in [6.07, 6.45) is 1.09. The molecule has 0 aliphatic rings. The van der Waals surface area contributed by atoms with Crippen LogP contribution < -0.4 is 5.32 Å². The summed E-state index contributed by atoms with van der Waals surface area (Å²) in [4.78, 5) is 0. The maximum atomic E-state index is 4.98. The zero-order valence-corrected chi connectivity index (χ0v) is 12.2. The van der Waals surface area contributed by atoms with Crippen LogP contribution in [0.15, 0.2) is 0 Å². The highest BCUT2D eigenvalue weighted by Gasteiger charge is 2.12. The highest BCUT2D eigenvalue weighted by atomic mass is 32.2. The third-order valence-corrected chi connectivity index (χ3v) is 3.56. The second-order valence-electron chi connectivity index (χ2n) is 4.04. The number of tetrazole rings is 1. The van der Waals surface area contributed by atoms with Crippen molar-refractivity contribution in [2.24, 2.45) is 0 Å². The first kappa shape index (κ1) is 15.4. The zero-order chi connectivity index (χ0) is 13.2. The summed E-state index contributed by atoms with van der Waals surface area (Å²) < 4.78 is 6.89. The van der Waals surface area contributed by atoms with Crippen LogP contribution in [0.4, 0.5) is 0 Å². The van der Waals surface area contributed by atoms with Crippen LogP contribution in [-0.2, 0) is 11.3 Å². The van der Waals surface area contributed by atoms with Crippen molar-refractivity contribution in [1.82, 2.24) is 25.5 Å². The van der Waals surface area contributed by atoms with Gasteiger partial charge in [0, 0.05) is 13.7 Å². The van der Waals surface area contributed by atoms with Crippen LogP contribution in [0.1, 0.15) is 32.1 Å². The van der Waals surface area contributed by atoms with Gasteiger partial charge < -0.3 is 10.1 Å². The second kappa shape index (κ2) is 9.29. The molecule has 0 amide bonds. The Morgan fingerprint density at radius 1 is 1.50 bits per heavy atom. The quantitative estimate of drug-likeness (QED) is 0.644. The minimum Gasteiger partial charge on any atom is -0.383 e. The number of rotatable bonds is 10. The van der Waals surface area contributed by atoms with Gasteiger partial charge in [-0.1, -0.05) is 6.92 Å². The fraction of sp³-hybridized carbons (Fsp3) is 0.909. The molecule has 6 nitrogen and oxygen atoms in total. The van der Waals surface area contributed by atoms with Crippen molar-refractivity contribution in [2.75, 3.05) is 31.8 Å². The van der Waals surface area contributed by atoms with Crippen LogP contribution in [0.2, 0.25) is 0 Å². The van der Waals surface area contributed by atoms with Crippen LogP contribution in [0.5, 0.6) is 0 Å². The minimum absolute atomic E-state index is 0.346. The minimum atomic E-state index is 0.346. The third kappa shape index (κ3) is 5.32. The number of methoxy groups -OCH3 is 1. The highest BCUT2D eigenvalue weighted by molar-refractivity contribution is 7.99. The average Bonchev–Trinajstić information content (AvgIpc) is 2.83. The Morgan fingerprint density at radius 2 is 2.33 bits per heavy atom. The van der Waals surface area contributed by atoms with Gasteiger partial charge in [0.1, 0.15) is 0 Å². The van der Waals surface area contributed by atoms with Crippen molar-refractivity contribution in [3.8, 4) is 0 Å². The van der Waals surface area contributed by atoms with Crippen LogP contribution in [0.3, 0.4) is 0 Å². The fourth-order valence-electron chi connectivity index (χ4n) is 1.57. The number of nitrogens with zero attached hydrogens (tertiary/aromatic N) is 4. The van der Waals surface area contributed by atoms with Crippen LogP contribution in [0.25, 0.3) is 0 Å².